The molecule has 0 heterocycles. The number of phenols is 1. The molecule has 4 nitrogen and oxygen atoms in total. The molecule has 24 heavy (non-hydrogen) atoms. The van der Waals surface area contributed by atoms with Crippen molar-refractivity contribution < 1.29 is 9.90 Å². The van der Waals surface area contributed by atoms with E-state index in [2.05, 4.69) is 5.32 Å². The Morgan fingerprint density at radius 3 is 2.42 bits per heavy atom. The Hall–Kier alpha value is -2.48. The lowest BCUT2D eigenvalue weighted by Crippen LogP contribution is -2.14. The number of hydrogen-bond donors (Lipinski definition) is 2. The van der Waals surface area contributed by atoms with Gasteiger partial charge in [0.2, 0.25) is 0 Å². The minimum absolute atomic E-state index is 0.0426. The number of hydrogen-bond acceptors (Lipinski definition) is 3. The molecule has 0 aliphatic rings. The van der Waals surface area contributed by atoms with Crippen LogP contribution in [0.2, 0.25) is 10.0 Å². The molecule has 0 saturated heterocycles. The zero-order chi connectivity index (χ0) is 17.9. The van der Waals surface area contributed by atoms with Crippen molar-refractivity contribution in [3.05, 3.63) is 62.6 Å². The highest BCUT2D eigenvalue weighted by atomic mass is 35.5. The molecule has 0 spiro atoms. The van der Waals surface area contributed by atoms with Crippen LogP contribution in [0, 0.1) is 25.2 Å². The van der Waals surface area contributed by atoms with Gasteiger partial charge in [0, 0.05) is 5.69 Å². The third-order valence-corrected chi connectivity index (χ3v) is 3.93. The van der Waals surface area contributed by atoms with Gasteiger partial charge in [-0.25, -0.2) is 0 Å². The topological polar surface area (TPSA) is 73.1 Å². The van der Waals surface area contributed by atoms with E-state index in [1.165, 1.54) is 18.2 Å². The molecule has 2 N–H and O–H groups in total. The average molecular weight is 361 g/mol. The van der Waals surface area contributed by atoms with E-state index in [0.29, 0.717) is 11.3 Å². The molecular formula is C18H14Cl2N2O2. The number of anilines is 1. The molecule has 0 unspecified atom stereocenters. The summed E-state index contributed by atoms with van der Waals surface area (Å²) in [6.07, 6.45) is 1.36. The fraction of sp³-hybridized carbons (Fsp3) is 0.111. The molecule has 6 heteroatoms. The van der Waals surface area contributed by atoms with Crippen LogP contribution in [0.15, 0.2) is 35.9 Å². The fourth-order valence-corrected chi connectivity index (χ4v) is 2.55. The highest BCUT2D eigenvalue weighted by Gasteiger charge is 2.12. The van der Waals surface area contributed by atoms with Crippen LogP contribution in [0.4, 0.5) is 5.69 Å². The van der Waals surface area contributed by atoms with Gasteiger partial charge in [0.1, 0.15) is 11.6 Å². The molecule has 2 rings (SSSR count). The van der Waals surface area contributed by atoms with E-state index < -0.39 is 5.91 Å². The number of amides is 1. The maximum absolute atomic E-state index is 12.3. The Labute approximate surface area is 149 Å². The van der Waals surface area contributed by atoms with Crippen LogP contribution in [0.3, 0.4) is 0 Å². The highest BCUT2D eigenvalue weighted by Crippen LogP contribution is 2.33. The van der Waals surface area contributed by atoms with Crippen molar-refractivity contribution >= 4 is 40.9 Å². The molecule has 0 fully saturated rings. The van der Waals surface area contributed by atoms with Crippen LogP contribution in [-0.2, 0) is 4.79 Å². The minimum atomic E-state index is -0.536. The van der Waals surface area contributed by atoms with Crippen molar-refractivity contribution in [1.29, 1.82) is 5.26 Å². The Kier molecular flexibility index (Phi) is 5.50. The molecule has 0 aliphatic carbocycles. The van der Waals surface area contributed by atoms with Crippen LogP contribution in [0.1, 0.15) is 16.7 Å². The summed E-state index contributed by atoms with van der Waals surface area (Å²) in [5.74, 6) is -0.777. The van der Waals surface area contributed by atoms with Crippen molar-refractivity contribution in [2.75, 3.05) is 5.32 Å². The first kappa shape index (κ1) is 17.9. The minimum Gasteiger partial charge on any atom is -0.505 e. The lowest BCUT2D eigenvalue weighted by Gasteiger charge is -2.09. The number of phenolic OH excluding ortho intramolecular Hbond substituents is 1. The van der Waals surface area contributed by atoms with Gasteiger partial charge in [0.05, 0.1) is 10.0 Å². The molecule has 2 aromatic carbocycles. The molecular weight excluding hydrogens is 347 g/mol. The summed E-state index contributed by atoms with van der Waals surface area (Å²) in [5, 5.41) is 21.6. The van der Waals surface area contributed by atoms with Crippen molar-refractivity contribution in [2.45, 2.75) is 13.8 Å². The smallest absolute Gasteiger partial charge is 0.266 e. The van der Waals surface area contributed by atoms with Gasteiger partial charge in [-0.3, -0.25) is 4.79 Å². The quantitative estimate of drug-likeness (QED) is 0.606. The zero-order valence-electron chi connectivity index (χ0n) is 13.0. The van der Waals surface area contributed by atoms with Crippen molar-refractivity contribution in [3.63, 3.8) is 0 Å². The second-order valence-corrected chi connectivity index (χ2v) is 6.09. The Morgan fingerprint density at radius 1 is 1.21 bits per heavy atom. The van der Waals surface area contributed by atoms with E-state index >= 15 is 0 Å². The number of aryl methyl sites for hydroxylation is 2. The summed E-state index contributed by atoms with van der Waals surface area (Å²) < 4.78 is 0. The van der Waals surface area contributed by atoms with Crippen molar-refractivity contribution in [1.82, 2.24) is 0 Å². The van der Waals surface area contributed by atoms with Crippen LogP contribution in [0.25, 0.3) is 6.08 Å². The lowest BCUT2D eigenvalue weighted by atomic mass is 10.1. The van der Waals surface area contributed by atoms with Gasteiger partial charge >= 0.3 is 0 Å². The van der Waals surface area contributed by atoms with Crippen LogP contribution >= 0.6 is 23.2 Å². The first-order chi connectivity index (χ1) is 11.3. The Bertz CT molecular complexity index is 860. The zero-order valence-corrected chi connectivity index (χ0v) is 14.5. The summed E-state index contributed by atoms with van der Waals surface area (Å²) in [4.78, 5) is 12.3. The summed E-state index contributed by atoms with van der Waals surface area (Å²) in [6.45, 7) is 3.78. The molecule has 0 aliphatic heterocycles. The normalized spacial score (nSPS) is 11.0. The van der Waals surface area contributed by atoms with Gasteiger partial charge in [-0.2, -0.15) is 5.26 Å². The van der Waals surface area contributed by atoms with Gasteiger partial charge in [-0.05, 0) is 54.8 Å². The molecule has 2 aromatic rings. The van der Waals surface area contributed by atoms with E-state index in [-0.39, 0.29) is 21.4 Å². The van der Waals surface area contributed by atoms with Crippen LogP contribution in [0.5, 0.6) is 5.75 Å². The number of rotatable bonds is 3. The maximum atomic E-state index is 12.3. The summed E-state index contributed by atoms with van der Waals surface area (Å²) in [6, 6.07) is 10.4. The predicted molar refractivity (Wildman–Crippen MR) is 96.3 cm³/mol. The second kappa shape index (κ2) is 7.39. The number of nitrogens with zero attached hydrogens (tertiary/aromatic N) is 1. The standard InChI is InChI=1S/C18H14Cl2N2O2/c1-10-3-4-11(2)16(5-10)22-18(24)13(9-21)6-12-7-14(19)17(23)15(20)8-12/h3-8,23H,1-2H3,(H,22,24)/b13-6+. The number of carbonyl (C=O) groups is 1. The number of aromatic hydroxyl groups is 1. The summed E-state index contributed by atoms with van der Waals surface area (Å²) >= 11 is 11.7. The fourth-order valence-electron chi connectivity index (χ4n) is 2.04. The second-order valence-electron chi connectivity index (χ2n) is 5.28. The number of benzene rings is 2. The average Bonchev–Trinajstić information content (AvgIpc) is 2.53. The number of nitriles is 1. The predicted octanol–water partition coefficient (Wildman–Crippen LogP) is 4.86. The van der Waals surface area contributed by atoms with Gasteiger partial charge < -0.3 is 10.4 Å². The maximum Gasteiger partial charge on any atom is 0.266 e. The molecule has 0 bridgehead atoms. The number of nitrogens with one attached hydrogen (secondary N) is 1. The Morgan fingerprint density at radius 2 is 1.83 bits per heavy atom. The van der Waals surface area contributed by atoms with Gasteiger partial charge in [-0.15, -0.1) is 0 Å². The van der Waals surface area contributed by atoms with E-state index in [1.54, 1.807) is 0 Å². The monoisotopic (exact) mass is 360 g/mol. The summed E-state index contributed by atoms with van der Waals surface area (Å²) in [5.41, 5.74) is 2.87. The van der Waals surface area contributed by atoms with Crippen LogP contribution < -0.4 is 5.32 Å². The molecule has 1 amide bonds. The van der Waals surface area contributed by atoms with Crippen molar-refractivity contribution in [3.8, 4) is 11.8 Å². The molecule has 0 saturated carbocycles. The van der Waals surface area contributed by atoms with E-state index in [1.807, 2.05) is 38.1 Å². The highest BCUT2D eigenvalue weighted by molar-refractivity contribution is 6.37. The van der Waals surface area contributed by atoms with Gasteiger partial charge in [0.15, 0.2) is 5.75 Å². The van der Waals surface area contributed by atoms with E-state index in [0.717, 1.165) is 11.1 Å². The largest absolute Gasteiger partial charge is 0.505 e. The van der Waals surface area contributed by atoms with E-state index in [4.69, 9.17) is 23.2 Å². The molecule has 0 radical (unpaired) electrons. The Balaban J connectivity index is 2.32. The number of halogens is 2. The van der Waals surface area contributed by atoms with Gasteiger partial charge in [-0.1, -0.05) is 35.3 Å². The lowest BCUT2D eigenvalue weighted by molar-refractivity contribution is -0.112. The third-order valence-electron chi connectivity index (χ3n) is 3.36. The summed E-state index contributed by atoms with van der Waals surface area (Å²) in [7, 11) is 0. The molecule has 0 atom stereocenters. The van der Waals surface area contributed by atoms with Crippen molar-refractivity contribution in [2.24, 2.45) is 0 Å². The van der Waals surface area contributed by atoms with Crippen LogP contribution in [-0.4, -0.2) is 11.0 Å². The third kappa shape index (κ3) is 4.08. The van der Waals surface area contributed by atoms with Gasteiger partial charge in [0.25, 0.3) is 5.91 Å². The first-order valence-electron chi connectivity index (χ1n) is 7.00. The SMILES string of the molecule is Cc1ccc(C)c(NC(=O)/C(C#N)=C/c2cc(Cl)c(O)c(Cl)c2)c1. The van der Waals surface area contributed by atoms with E-state index in [9.17, 15) is 15.2 Å². The molecule has 122 valence electrons. The molecule has 0 aromatic heterocycles. The first-order valence-corrected chi connectivity index (χ1v) is 7.76. The number of carbonyl (C=O) groups excluding carboxylic acids is 1.